The van der Waals surface area contributed by atoms with Gasteiger partial charge in [-0.2, -0.15) is 5.10 Å². The Hall–Kier alpha value is -2.69. The maximum atomic E-state index is 11.9. The summed E-state index contributed by atoms with van der Waals surface area (Å²) in [5, 5.41) is 11.0. The molecule has 1 amide bonds. The molecule has 3 aromatic rings. The van der Waals surface area contributed by atoms with Crippen LogP contribution in [0.25, 0.3) is 10.9 Å². The van der Waals surface area contributed by atoms with Crippen molar-refractivity contribution in [3.05, 3.63) is 60.0 Å². The van der Waals surface area contributed by atoms with Crippen molar-refractivity contribution in [2.75, 3.05) is 0 Å². The van der Waals surface area contributed by atoms with Crippen LogP contribution in [0.5, 0.6) is 0 Å². The van der Waals surface area contributed by atoms with Crippen LogP contribution in [0.2, 0.25) is 0 Å². The summed E-state index contributed by atoms with van der Waals surface area (Å²) in [6, 6.07) is 11.5. The lowest BCUT2D eigenvalue weighted by Gasteiger charge is -2.04. The largest absolute Gasteiger partial charge is 0.352 e. The predicted octanol–water partition coefficient (Wildman–Crippen LogP) is 1.82. The van der Waals surface area contributed by atoms with Gasteiger partial charge in [0.05, 0.1) is 17.6 Å². The van der Waals surface area contributed by atoms with E-state index in [1.165, 1.54) is 0 Å². The summed E-state index contributed by atoms with van der Waals surface area (Å²) >= 11 is 0. The molecule has 2 heterocycles. The van der Waals surface area contributed by atoms with E-state index in [4.69, 9.17) is 0 Å². The number of nitrogens with one attached hydrogen (secondary N) is 2. The maximum Gasteiger partial charge on any atom is 0.226 e. The molecule has 0 spiro atoms. The maximum absolute atomic E-state index is 11.9. The molecule has 0 saturated carbocycles. The minimum atomic E-state index is -0.0387. The molecule has 0 unspecified atom stereocenters. The van der Waals surface area contributed by atoms with Gasteiger partial charge in [0.15, 0.2) is 0 Å². The van der Waals surface area contributed by atoms with Crippen molar-refractivity contribution in [1.29, 1.82) is 0 Å². The smallest absolute Gasteiger partial charge is 0.226 e. The van der Waals surface area contributed by atoms with Gasteiger partial charge in [-0.15, -0.1) is 0 Å². The first-order valence-corrected chi connectivity index (χ1v) is 6.40. The zero-order chi connectivity index (χ0) is 13.8. The fraction of sp³-hybridized carbons (Fsp3) is 0.133. The zero-order valence-electron chi connectivity index (χ0n) is 10.8. The molecular formula is C15H14N4O. The van der Waals surface area contributed by atoms with Crippen LogP contribution in [0.15, 0.2) is 48.8 Å². The van der Waals surface area contributed by atoms with Crippen LogP contribution < -0.4 is 5.32 Å². The standard InChI is InChI=1S/C15H14N4O/c20-15(17-10-11-4-3-7-16-9-11)8-14-12-5-1-2-6-13(12)18-19-14/h1-7,9H,8,10H2,(H,17,20)(H,18,19). The number of aromatic amines is 1. The highest BCUT2D eigenvalue weighted by Crippen LogP contribution is 2.15. The van der Waals surface area contributed by atoms with E-state index < -0.39 is 0 Å². The molecular weight excluding hydrogens is 252 g/mol. The first kappa shape index (κ1) is 12.3. The van der Waals surface area contributed by atoms with E-state index in [-0.39, 0.29) is 5.91 Å². The number of pyridine rings is 1. The highest BCUT2D eigenvalue weighted by atomic mass is 16.1. The molecule has 2 N–H and O–H groups in total. The minimum absolute atomic E-state index is 0.0387. The second-order valence-corrected chi connectivity index (χ2v) is 4.53. The van der Waals surface area contributed by atoms with E-state index in [2.05, 4.69) is 20.5 Å². The molecule has 5 heteroatoms. The molecule has 0 radical (unpaired) electrons. The van der Waals surface area contributed by atoms with Crippen LogP contribution in [0, 0.1) is 0 Å². The number of hydrogen-bond donors (Lipinski definition) is 2. The Morgan fingerprint density at radius 3 is 2.95 bits per heavy atom. The summed E-state index contributed by atoms with van der Waals surface area (Å²) in [5.41, 5.74) is 2.70. The van der Waals surface area contributed by atoms with Crippen molar-refractivity contribution >= 4 is 16.8 Å². The number of hydrogen-bond acceptors (Lipinski definition) is 3. The summed E-state index contributed by atoms with van der Waals surface area (Å²) in [7, 11) is 0. The molecule has 1 aromatic carbocycles. The van der Waals surface area contributed by atoms with Gasteiger partial charge in [-0.05, 0) is 17.7 Å². The normalized spacial score (nSPS) is 10.6. The third kappa shape index (κ3) is 2.66. The van der Waals surface area contributed by atoms with Gasteiger partial charge in [-0.1, -0.05) is 24.3 Å². The van der Waals surface area contributed by atoms with Crippen LogP contribution in [0.1, 0.15) is 11.3 Å². The summed E-state index contributed by atoms with van der Waals surface area (Å²) < 4.78 is 0. The number of nitrogens with zero attached hydrogens (tertiary/aromatic N) is 2. The second kappa shape index (κ2) is 5.52. The SMILES string of the molecule is O=C(Cc1[nH]nc2ccccc12)NCc1cccnc1. The predicted molar refractivity (Wildman–Crippen MR) is 75.9 cm³/mol. The first-order valence-electron chi connectivity index (χ1n) is 6.40. The van der Waals surface area contributed by atoms with E-state index in [0.29, 0.717) is 13.0 Å². The van der Waals surface area contributed by atoms with E-state index in [9.17, 15) is 4.79 Å². The summed E-state index contributed by atoms with van der Waals surface area (Å²) in [5.74, 6) is -0.0387. The lowest BCUT2D eigenvalue weighted by Crippen LogP contribution is -2.24. The Bertz CT molecular complexity index is 721. The number of carbonyl (C=O) groups is 1. The molecule has 100 valence electrons. The molecule has 20 heavy (non-hydrogen) atoms. The Kier molecular flexibility index (Phi) is 3.41. The lowest BCUT2D eigenvalue weighted by molar-refractivity contribution is -0.120. The number of rotatable bonds is 4. The first-order chi connectivity index (χ1) is 9.83. The number of aromatic nitrogens is 3. The van der Waals surface area contributed by atoms with Crippen LogP contribution in [-0.2, 0) is 17.8 Å². The minimum Gasteiger partial charge on any atom is -0.352 e. The molecule has 0 atom stereocenters. The average Bonchev–Trinajstić information content (AvgIpc) is 2.90. The average molecular weight is 266 g/mol. The summed E-state index contributed by atoms with van der Waals surface area (Å²) in [6.45, 7) is 0.485. The van der Waals surface area contributed by atoms with Crippen molar-refractivity contribution in [2.24, 2.45) is 0 Å². The van der Waals surface area contributed by atoms with Crippen molar-refractivity contribution in [3.8, 4) is 0 Å². The molecule has 0 aliphatic heterocycles. The van der Waals surface area contributed by atoms with Gasteiger partial charge < -0.3 is 5.32 Å². The molecule has 0 bridgehead atoms. The summed E-state index contributed by atoms with van der Waals surface area (Å²) in [4.78, 5) is 16.0. The van der Waals surface area contributed by atoms with E-state index in [1.807, 2.05) is 36.4 Å². The van der Waals surface area contributed by atoms with Crippen LogP contribution in [0.4, 0.5) is 0 Å². The van der Waals surface area contributed by atoms with Gasteiger partial charge in [-0.25, -0.2) is 0 Å². The molecule has 2 aromatic heterocycles. The number of fused-ring (bicyclic) bond motifs is 1. The molecule has 3 rings (SSSR count). The Labute approximate surface area is 116 Å². The van der Waals surface area contributed by atoms with E-state index in [1.54, 1.807) is 12.4 Å². The van der Waals surface area contributed by atoms with Crippen LogP contribution in [-0.4, -0.2) is 21.1 Å². The number of carbonyl (C=O) groups excluding carboxylic acids is 1. The summed E-state index contributed by atoms with van der Waals surface area (Å²) in [6.07, 6.45) is 3.74. The van der Waals surface area contributed by atoms with Gasteiger partial charge in [0.1, 0.15) is 0 Å². The highest BCUT2D eigenvalue weighted by molar-refractivity contribution is 5.87. The van der Waals surface area contributed by atoms with Gasteiger partial charge >= 0.3 is 0 Å². The molecule has 5 nitrogen and oxygen atoms in total. The van der Waals surface area contributed by atoms with Gasteiger partial charge in [-0.3, -0.25) is 14.9 Å². The molecule has 0 aliphatic rings. The van der Waals surface area contributed by atoms with Gasteiger partial charge in [0.25, 0.3) is 0 Å². The van der Waals surface area contributed by atoms with Crippen molar-refractivity contribution < 1.29 is 4.79 Å². The Morgan fingerprint density at radius 1 is 1.20 bits per heavy atom. The lowest BCUT2D eigenvalue weighted by atomic mass is 10.1. The third-order valence-electron chi connectivity index (χ3n) is 3.09. The number of amides is 1. The number of para-hydroxylation sites is 1. The van der Waals surface area contributed by atoms with Crippen molar-refractivity contribution in [3.63, 3.8) is 0 Å². The van der Waals surface area contributed by atoms with Crippen LogP contribution in [0.3, 0.4) is 0 Å². The monoisotopic (exact) mass is 266 g/mol. The Balaban J connectivity index is 1.64. The van der Waals surface area contributed by atoms with E-state index >= 15 is 0 Å². The third-order valence-corrected chi connectivity index (χ3v) is 3.09. The number of benzene rings is 1. The van der Waals surface area contributed by atoms with Gasteiger partial charge in [0, 0.05) is 24.3 Å². The highest BCUT2D eigenvalue weighted by Gasteiger charge is 2.09. The Morgan fingerprint density at radius 2 is 2.10 bits per heavy atom. The van der Waals surface area contributed by atoms with Gasteiger partial charge in [0.2, 0.25) is 5.91 Å². The van der Waals surface area contributed by atoms with Crippen molar-refractivity contribution in [1.82, 2.24) is 20.5 Å². The fourth-order valence-corrected chi connectivity index (χ4v) is 2.08. The molecule has 0 aliphatic carbocycles. The van der Waals surface area contributed by atoms with Crippen molar-refractivity contribution in [2.45, 2.75) is 13.0 Å². The quantitative estimate of drug-likeness (QED) is 0.756. The van der Waals surface area contributed by atoms with E-state index in [0.717, 1.165) is 22.2 Å². The van der Waals surface area contributed by atoms with Crippen LogP contribution >= 0.6 is 0 Å². The topological polar surface area (TPSA) is 70.7 Å². The molecule has 0 fully saturated rings. The zero-order valence-corrected chi connectivity index (χ0v) is 10.8. The number of H-pyrrole nitrogens is 1. The fourth-order valence-electron chi connectivity index (χ4n) is 2.08. The molecule has 0 saturated heterocycles. The second-order valence-electron chi connectivity index (χ2n) is 4.53.